The molecular weight excluding hydrogens is 206 g/mol. The third-order valence-corrected chi connectivity index (χ3v) is 3.01. The number of hydrogen-bond donors (Lipinski definition) is 2. The quantitative estimate of drug-likeness (QED) is 0.666. The Morgan fingerprint density at radius 1 is 1.25 bits per heavy atom. The normalized spacial score (nSPS) is 13.8. The number of carboxylic acid groups (broad SMARTS) is 1. The molecule has 0 fully saturated rings. The Morgan fingerprint density at radius 2 is 1.75 bits per heavy atom. The van der Waals surface area contributed by atoms with Gasteiger partial charge in [-0.25, -0.2) is 0 Å². The van der Waals surface area contributed by atoms with E-state index in [1.165, 1.54) is 0 Å². The Balaban J connectivity index is 4.89. The maximum Gasteiger partial charge on any atom is 0.321 e. The van der Waals surface area contributed by atoms with E-state index in [-0.39, 0.29) is 18.6 Å². The summed E-state index contributed by atoms with van der Waals surface area (Å²) < 4.78 is 0. The fraction of sp³-hybridized carbons (Fsp3) is 0.917. The molecule has 0 saturated heterocycles. The molecule has 4 nitrogen and oxygen atoms in total. The minimum absolute atomic E-state index is 0.00694. The predicted molar refractivity (Wildman–Crippen MR) is 64.4 cm³/mol. The predicted octanol–water partition coefficient (Wildman–Crippen LogP) is 1.58. The highest BCUT2D eigenvalue weighted by molar-refractivity contribution is 5.73. The van der Waals surface area contributed by atoms with E-state index >= 15 is 0 Å². The molecule has 0 spiro atoms. The molecule has 2 N–H and O–H groups in total. The number of nitrogens with zero attached hydrogens (tertiary/aromatic N) is 1. The molecule has 0 aromatic heterocycles. The number of aliphatic hydroxyl groups is 1. The summed E-state index contributed by atoms with van der Waals surface area (Å²) >= 11 is 0. The first-order valence-corrected chi connectivity index (χ1v) is 6.08. The number of hydrogen-bond acceptors (Lipinski definition) is 3. The van der Waals surface area contributed by atoms with E-state index < -0.39 is 12.0 Å². The monoisotopic (exact) mass is 231 g/mol. The first kappa shape index (κ1) is 15.4. The van der Waals surface area contributed by atoms with Crippen molar-refractivity contribution in [2.24, 2.45) is 5.92 Å². The van der Waals surface area contributed by atoms with Crippen molar-refractivity contribution in [1.82, 2.24) is 4.90 Å². The van der Waals surface area contributed by atoms with Gasteiger partial charge >= 0.3 is 5.97 Å². The molecule has 0 bridgehead atoms. The lowest BCUT2D eigenvalue weighted by atomic mass is 9.98. The van der Waals surface area contributed by atoms with Crippen LogP contribution in [0.15, 0.2) is 0 Å². The van der Waals surface area contributed by atoms with Gasteiger partial charge in [-0.2, -0.15) is 0 Å². The zero-order valence-electron chi connectivity index (χ0n) is 10.8. The van der Waals surface area contributed by atoms with E-state index in [4.69, 9.17) is 5.11 Å². The van der Waals surface area contributed by atoms with Gasteiger partial charge in [-0.3, -0.25) is 9.69 Å². The molecule has 16 heavy (non-hydrogen) atoms. The first-order valence-electron chi connectivity index (χ1n) is 6.08. The molecule has 96 valence electrons. The summed E-state index contributed by atoms with van der Waals surface area (Å²) in [5, 5.41) is 18.3. The maximum atomic E-state index is 11.3. The summed E-state index contributed by atoms with van der Waals surface area (Å²) in [7, 11) is 0. The number of aliphatic carboxylic acids is 1. The van der Waals surface area contributed by atoms with Gasteiger partial charge in [0.1, 0.15) is 6.04 Å². The van der Waals surface area contributed by atoms with Crippen LogP contribution in [0.4, 0.5) is 0 Å². The standard InChI is InChI=1S/C12H25NO3/c1-5-10(6-2)13(7-8-14)11(9(3)4)12(15)16/h9-11,14H,5-8H2,1-4H3,(H,15,16). The highest BCUT2D eigenvalue weighted by Gasteiger charge is 2.31. The van der Waals surface area contributed by atoms with Crippen molar-refractivity contribution < 1.29 is 15.0 Å². The van der Waals surface area contributed by atoms with Crippen molar-refractivity contribution in [3.8, 4) is 0 Å². The summed E-state index contributed by atoms with van der Waals surface area (Å²) in [5.74, 6) is -0.750. The van der Waals surface area contributed by atoms with Crippen molar-refractivity contribution in [1.29, 1.82) is 0 Å². The minimum atomic E-state index is -0.796. The van der Waals surface area contributed by atoms with Crippen LogP contribution in [0, 0.1) is 5.92 Å². The zero-order valence-corrected chi connectivity index (χ0v) is 10.8. The van der Waals surface area contributed by atoms with Gasteiger partial charge in [-0.15, -0.1) is 0 Å². The topological polar surface area (TPSA) is 60.8 Å². The van der Waals surface area contributed by atoms with Gasteiger partial charge < -0.3 is 10.2 Å². The van der Waals surface area contributed by atoms with Gasteiger partial charge in [-0.1, -0.05) is 27.7 Å². The van der Waals surface area contributed by atoms with E-state index in [0.29, 0.717) is 6.54 Å². The fourth-order valence-corrected chi connectivity index (χ4v) is 2.23. The lowest BCUT2D eigenvalue weighted by Gasteiger charge is -2.36. The van der Waals surface area contributed by atoms with Gasteiger partial charge in [0.2, 0.25) is 0 Å². The second kappa shape index (κ2) is 7.63. The van der Waals surface area contributed by atoms with E-state index in [9.17, 15) is 9.90 Å². The van der Waals surface area contributed by atoms with Crippen LogP contribution in [-0.4, -0.2) is 46.3 Å². The van der Waals surface area contributed by atoms with Crippen molar-refractivity contribution in [2.45, 2.75) is 52.6 Å². The number of carbonyl (C=O) groups is 1. The number of carboxylic acids is 1. The molecule has 0 aromatic carbocycles. The molecule has 0 saturated carbocycles. The second-order valence-corrected chi connectivity index (χ2v) is 4.46. The van der Waals surface area contributed by atoms with E-state index in [1.54, 1.807) is 0 Å². The first-order chi connectivity index (χ1) is 7.49. The van der Waals surface area contributed by atoms with Gasteiger partial charge in [0.25, 0.3) is 0 Å². The second-order valence-electron chi connectivity index (χ2n) is 4.46. The van der Waals surface area contributed by atoms with Crippen LogP contribution >= 0.6 is 0 Å². The molecule has 4 heteroatoms. The van der Waals surface area contributed by atoms with Crippen LogP contribution < -0.4 is 0 Å². The molecule has 0 radical (unpaired) electrons. The van der Waals surface area contributed by atoms with Gasteiger partial charge in [0, 0.05) is 12.6 Å². The molecule has 0 aliphatic rings. The van der Waals surface area contributed by atoms with Gasteiger partial charge in [-0.05, 0) is 18.8 Å². The van der Waals surface area contributed by atoms with Crippen LogP contribution in [-0.2, 0) is 4.79 Å². The largest absolute Gasteiger partial charge is 0.480 e. The van der Waals surface area contributed by atoms with Crippen molar-refractivity contribution in [3.05, 3.63) is 0 Å². The summed E-state index contributed by atoms with van der Waals surface area (Å²) in [5.41, 5.74) is 0. The molecule has 0 aliphatic carbocycles. The molecule has 0 aromatic rings. The van der Waals surface area contributed by atoms with Crippen LogP contribution in [0.2, 0.25) is 0 Å². The highest BCUT2D eigenvalue weighted by atomic mass is 16.4. The summed E-state index contributed by atoms with van der Waals surface area (Å²) in [6, 6.07) is -0.271. The summed E-state index contributed by atoms with van der Waals surface area (Å²) in [6.07, 6.45) is 1.82. The molecule has 0 amide bonds. The Kier molecular flexibility index (Phi) is 7.34. The molecule has 1 unspecified atom stereocenters. The minimum Gasteiger partial charge on any atom is -0.480 e. The van der Waals surface area contributed by atoms with Crippen molar-refractivity contribution in [3.63, 3.8) is 0 Å². The summed E-state index contributed by atoms with van der Waals surface area (Å²) in [6.45, 7) is 8.36. The highest BCUT2D eigenvalue weighted by Crippen LogP contribution is 2.18. The van der Waals surface area contributed by atoms with Crippen LogP contribution in [0.1, 0.15) is 40.5 Å². The molecule has 0 rings (SSSR count). The average molecular weight is 231 g/mol. The maximum absolute atomic E-state index is 11.3. The van der Waals surface area contributed by atoms with Crippen LogP contribution in [0.5, 0.6) is 0 Å². The lowest BCUT2D eigenvalue weighted by molar-refractivity contribution is -0.146. The van der Waals surface area contributed by atoms with E-state index in [1.807, 2.05) is 18.7 Å². The molecule has 0 heterocycles. The third kappa shape index (κ3) is 4.10. The van der Waals surface area contributed by atoms with Gasteiger partial charge in [0.15, 0.2) is 0 Å². The van der Waals surface area contributed by atoms with Gasteiger partial charge in [0.05, 0.1) is 6.61 Å². The molecular formula is C12H25NO3. The molecule has 1 atom stereocenters. The molecule has 0 aliphatic heterocycles. The average Bonchev–Trinajstić information content (AvgIpc) is 2.18. The third-order valence-electron chi connectivity index (χ3n) is 3.01. The summed E-state index contributed by atoms with van der Waals surface area (Å²) in [4.78, 5) is 13.2. The Morgan fingerprint density at radius 3 is 2.00 bits per heavy atom. The Bertz CT molecular complexity index is 202. The SMILES string of the molecule is CCC(CC)N(CCO)C(C(=O)O)C(C)C. The number of rotatable bonds is 8. The Hall–Kier alpha value is -0.610. The smallest absolute Gasteiger partial charge is 0.321 e. The number of aliphatic hydroxyl groups excluding tert-OH is 1. The lowest BCUT2D eigenvalue weighted by Crippen LogP contribution is -2.50. The van der Waals surface area contributed by atoms with Crippen molar-refractivity contribution >= 4 is 5.97 Å². The van der Waals surface area contributed by atoms with E-state index in [0.717, 1.165) is 12.8 Å². The van der Waals surface area contributed by atoms with Crippen molar-refractivity contribution in [2.75, 3.05) is 13.2 Å². The zero-order chi connectivity index (χ0) is 12.7. The Labute approximate surface area is 98.3 Å². The van der Waals surface area contributed by atoms with Crippen LogP contribution in [0.3, 0.4) is 0 Å². The van der Waals surface area contributed by atoms with Crippen LogP contribution in [0.25, 0.3) is 0 Å². The fourth-order valence-electron chi connectivity index (χ4n) is 2.23. The van der Waals surface area contributed by atoms with E-state index in [2.05, 4.69) is 13.8 Å².